The number of rotatable bonds is 7. The van der Waals surface area contributed by atoms with E-state index in [1.54, 1.807) is 0 Å². The van der Waals surface area contributed by atoms with E-state index in [9.17, 15) is 13.2 Å². The van der Waals surface area contributed by atoms with E-state index in [0.717, 1.165) is 12.8 Å². The quantitative estimate of drug-likeness (QED) is 0.679. The van der Waals surface area contributed by atoms with Crippen LogP contribution in [0.25, 0.3) is 0 Å². The SMILES string of the molecule is CCC(C)CC(N)CCOCC(F)(F)F. The lowest BCUT2D eigenvalue weighted by molar-refractivity contribution is -0.174. The topological polar surface area (TPSA) is 35.2 Å². The molecular formula is C10H20F3NO. The fraction of sp³-hybridized carbons (Fsp3) is 1.00. The lowest BCUT2D eigenvalue weighted by Gasteiger charge is -2.16. The lowest BCUT2D eigenvalue weighted by Crippen LogP contribution is -2.26. The fourth-order valence-corrected chi connectivity index (χ4v) is 1.22. The average molecular weight is 227 g/mol. The Kier molecular flexibility index (Phi) is 6.92. The van der Waals surface area contributed by atoms with E-state index >= 15 is 0 Å². The van der Waals surface area contributed by atoms with Gasteiger partial charge in [-0.15, -0.1) is 0 Å². The molecule has 0 saturated heterocycles. The smallest absolute Gasteiger partial charge is 0.372 e. The van der Waals surface area contributed by atoms with Gasteiger partial charge in [0.2, 0.25) is 0 Å². The van der Waals surface area contributed by atoms with Gasteiger partial charge < -0.3 is 10.5 Å². The van der Waals surface area contributed by atoms with Crippen molar-refractivity contribution in [2.24, 2.45) is 11.7 Å². The van der Waals surface area contributed by atoms with Gasteiger partial charge in [-0.1, -0.05) is 20.3 Å². The van der Waals surface area contributed by atoms with E-state index in [1.165, 1.54) is 0 Å². The molecule has 0 rings (SSSR count). The van der Waals surface area contributed by atoms with E-state index < -0.39 is 12.8 Å². The van der Waals surface area contributed by atoms with Gasteiger partial charge in [0.15, 0.2) is 0 Å². The summed E-state index contributed by atoms with van der Waals surface area (Å²) in [4.78, 5) is 0. The Hall–Kier alpha value is -0.290. The highest BCUT2D eigenvalue weighted by atomic mass is 19.4. The van der Waals surface area contributed by atoms with Crippen molar-refractivity contribution < 1.29 is 17.9 Å². The van der Waals surface area contributed by atoms with E-state index in [2.05, 4.69) is 18.6 Å². The third kappa shape index (κ3) is 10.0. The Balaban J connectivity index is 3.43. The van der Waals surface area contributed by atoms with Gasteiger partial charge in [-0.3, -0.25) is 0 Å². The summed E-state index contributed by atoms with van der Waals surface area (Å²) in [7, 11) is 0. The van der Waals surface area contributed by atoms with Gasteiger partial charge in [0.1, 0.15) is 6.61 Å². The summed E-state index contributed by atoms with van der Waals surface area (Å²) < 4.78 is 39.5. The molecule has 0 heterocycles. The van der Waals surface area contributed by atoms with Crippen molar-refractivity contribution in [3.63, 3.8) is 0 Å². The Morgan fingerprint density at radius 3 is 2.40 bits per heavy atom. The number of ether oxygens (including phenoxy) is 1. The van der Waals surface area contributed by atoms with Gasteiger partial charge >= 0.3 is 6.18 Å². The van der Waals surface area contributed by atoms with Crippen molar-refractivity contribution in [3.05, 3.63) is 0 Å². The number of alkyl halides is 3. The highest BCUT2D eigenvalue weighted by Crippen LogP contribution is 2.15. The molecule has 0 aliphatic rings. The second-order valence-corrected chi connectivity index (χ2v) is 3.97. The summed E-state index contributed by atoms with van der Waals surface area (Å²) in [6.45, 7) is 3.05. The van der Waals surface area contributed by atoms with E-state index in [0.29, 0.717) is 12.3 Å². The number of hydrogen-bond donors (Lipinski definition) is 1. The van der Waals surface area contributed by atoms with Crippen LogP contribution in [0.15, 0.2) is 0 Å². The van der Waals surface area contributed by atoms with Gasteiger partial charge in [-0.05, 0) is 18.8 Å². The zero-order valence-corrected chi connectivity index (χ0v) is 9.31. The molecule has 0 fully saturated rings. The van der Waals surface area contributed by atoms with Crippen LogP contribution in [0.2, 0.25) is 0 Å². The average Bonchev–Trinajstić information content (AvgIpc) is 2.11. The van der Waals surface area contributed by atoms with Crippen LogP contribution in [-0.4, -0.2) is 25.4 Å². The molecule has 0 saturated carbocycles. The van der Waals surface area contributed by atoms with E-state index in [4.69, 9.17) is 5.73 Å². The standard InChI is InChI=1S/C10H20F3NO/c1-3-8(2)6-9(14)4-5-15-7-10(11,12)13/h8-9H,3-7,14H2,1-2H3. The first kappa shape index (κ1) is 14.7. The highest BCUT2D eigenvalue weighted by molar-refractivity contribution is 4.64. The molecule has 92 valence electrons. The molecule has 0 radical (unpaired) electrons. The summed E-state index contributed by atoms with van der Waals surface area (Å²) in [6, 6.07) is -0.0619. The maximum atomic E-state index is 11.7. The van der Waals surface area contributed by atoms with Crippen molar-refractivity contribution in [1.82, 2.24) is 0 Å². The molecule has 0 spiro atoms. The Morgan fingerprint density at radius 2 is 1.93 bits per heavy atom. The van der Waals surface area contributed by atoms with Crippen molar-refractivity contribution >= 4 is 0 Å². The van der Waals surface area contributed by atoms with Crippen LogP contribution in [0.1, 0.15) is 33.1 Å². The molecule has 0 amide bonds. The molecule has 2 nitrogen and oxygen atoms in total. The molecular weight excluding hydrogens is 207 g/mol. The van der Waals surface area contributed by atoms with Gasteiger partial charge in [-0.25, -0.2) is 0 Å². The van der Waals surface area contributed by atoms with Crippen LogP contribution >= 0.6 is 0 Å². The van der Waals surface area contributed by atoms with Gasteiger partial charge in [0, 0.05) is 12.6 Å². The van der Waals surface area contributed by atoms with Crippen LogP contribution in [-0.2, 0) is 4.74 Å². The molecule has 0 aromatic carbocycles. The van der Waals surface area contributed by atoms with Gasteiger partial charge in [0.05, 0.1) is 0 Å². The summed E-state index contributed by atoms with van der Waals surface area (Å²) in [5.74, 6) is 0.516. The highest BCUT2D eigenvalue weighted by Gasteiger charge is 2.27. The zero-order chi connectivity index (χ0) is 11.9. The molecule has 0 aromatic rings. The van der Waals surface area contributed by atoms with Crippen LogP contribution in [0, 0.1) is 5.92 Å². The Labute approximate surface area is 89.0 Å². The normalized spacial score (nSPS) is 16.4. The molecule has 0 aromatic heterocycles. The molecule has 2 N–H and O–H groups in total. The Morgan fingerprint density at radius 1 is 1.33 bits per heavy atom. The van der Waals surface area contributed by atoms with Crippen LogP contribution in [0.3, 0.4) is 0 Å². The van der Waals surface area contributed by atoms with E-state index in [-0.39, 0.29) is 12.6 Å². The zero-order valence-electron chi connectivity index (χ0n) is 9.31. The third-order valence-corrected chi connectivity index (χ3v) is 2.30. The number of hydrogen-bond acceptors (Lipinski definition) is 2. The van der Waals surface area contributed by atoms with Gasteiger partial charge in [-0.2, -0.15) is 13.2 Å². The summed E-state index contributed by atoms with van der Waals surface area (Å²) in [5.41, 5.74) is 5.74. The largest absolute Gasteiger partial charge is 0.411 e. The van der Waals surface area contributed by atoms with Crippen molar-refractivity contribution in [1.29, 1.82) is 0 Å². The predicted octanol–water partition coefficient (Wildman–Crippen LogP) is 2.72. The van der Waals surface area contributed by atoms with Crippen molar-refractivity contribution in [2.45, 2.75) is 45.3 Å². The van der Waals surface area contributed by atoms with Crippen LogP contribution in [0.5, 0.6) is 0 Å². The molecule has 0 bridgehead atoms. The first-order chi connectivity index (χ1) is 6.85. The van der Waals surface area contributed by atoms with Crippen molar-refractivity contribution in [3.8, 4) is 0 Å². The maximum Gasteiger partial charge on any atom is 0.411 e. The van der Waals surface area contributed by atoms with E-state index in [1.807, 2.05) is 0 Å². The molecule has 2 atom stereocenters. The molecule has 5 heteroatoms. The maximum absolute atomic E-state index is 11.7. The van der Waals surface area contributed by atoms with Gasteiger partial charge in [0.25, 0.3) is 0 Å². The minimum atomic E-state index is -4.24. The predicted molar refractivity (Wildman–Crippen MR) is 53.5 cm³/mol. The molecule has 0 aliphatic carbocycles. The molecule has 0 aliphatic heterocycles. The first-order valence-electron chi connectivity index (χ1n) is 5.25. The Bertz CT molecular complexity index is 161. The third-order valence-electron chi connectivity index (χ3n) is 2.30. The second kappa shape index (κ2) is 7.06. The number of halogens is 3. The summed E-state index contributed by atoms with van der Waals surface area (Å²) in [5, 5.41) is 0. The first-order valence-corrected chi connectivity index (χ1v) is 5.25. The fourth-order valence-electron chi connectivity index (χ4n) is 1.22. The van der Waals surface area contributed by atoms with Crippen LogP contribution in [0.4, 0.5) is 13.2 Å². The minimum Gasteiger partial charge on any atom is -0.372 e. The molecule has 2 unspecified atom stereocenters. The van der Waals surface area contributed by atoms with Crippen molar-refractivity contribution in [2.75, 3.05) is 13.2 Å². The monoisotopic (exact) mass is 227 g/mol. The lowest BCUT2D eigenvalue weighted by atomic mass is 9.98. The molecule has 15 heavy (non-hydrogen) atoms. The van der Waals surface area contributed by atoms with Crippen LogP contribution < -0.4 is 5.73 Å². The number of nitrogens with two attached hydrogens (primary N) is 1. The second-order valence-electron chi connectivity index (χ2n) is 3.97. The summed E-state index contributed by atoms with van der Waals surface area (Å²) >= 11 is 0. The summed E-state index contributed by atoms with van der Waals surface area (Å²) in [6.07, 6.45) is -1.87. The minimum absolute atomic E-state index is 0.0619.